The highest BCUT2D eigenvalue weighted by Gasteiger charge is 2.42. The Hall–Kier alpha value is -0.120. The summed E-state index contributed by atoms with van der Waals surface area (Å²) in [5.74, 6) is 0. The molecule has 3 nitrogen and oxygen atoms in total. The minimum absolute atomic E-state index is 0.482. The quantitative estimate of drug-likeness (QED) is 0.742. The van der Waals surface area contributed by atoms with E-state index in [1.807, 2.05) is 0 Å². The third-order valence-corrected chi connectivity index (χ3v) is 4.38. The smallest absolute Gasteiger partial charge is 0.0587 e. The van der Waals surface area contributed by atoms with E-state index in [2.05, 4.69) is 12.2 Å². The van der Waals surface area contributed by atoms with Crippen LogP contribution in [0.3, 0.4) is 0 Å². The first-order chi connectivity index (χ1) is 8.28. The molecule has 2 unspecified atom stereocenters. The first kappa shape index (κ1) is 13.3. The monoisotopic (exact) mass is 241 g/mol. The lowest BCUT2D eigenvalue weighted by Gasteiger charge is -2.31. The second kappa shape index (κ2) is 6.17. The third kappa shape index (κ3) is 3.94. The third-order valence-electron chi connectivity index (χ3n) is 4.38. The van der Waals surface area contributed by atoms with E-state index >= 15 is 0 Å². The largest absolute Gasteiger partial charge is 0.385 e. The molecular formula is C14H27NO2. The van der Waals surface area contributed by atoms with Crippen LogP contribution in [0.1, 0.15) is 45.4 Å². The van der Waals surface area contributed by atoms with Gasteiger partial charge in [0, 0.05) is 32.9 Å². The normalized spacial score (nSPS) is 31.4. The number of rotatable bonds is 7. The molecular weight excluding hydrogens is 214 g/mol. The van der Waals surface area contributed by atoms with Crippen molar-refractivity contribution in [3.05, 3.63) is 0 Å². The van der Waals surface area contributed by atoms with E-state index in [9.17, 15) is 0 Å². The Bertz CT molecular complexity index is 228. The standard InChI is InChI=1S/C14H27NO2/c1-3-13-10-12(4-8-17-13)15-11-14(5-6-14)7-9-16-2/h12-13,15H,3-11H2,1-2H3. The number of nitrogens with one attached hydrogen (secondary N) is 1. The topological polar surface area (TPSA) is 30.5 Å². The lowest BCUT2D eigenvalue weighted by molar-refractivity contribution is -0.00106. The molecule has 0 aromatic carbocycles. The van der Waals surface area contributed by atoms with Crippen LogP contribution < -0.4 is 5.32 Å². The molecule has 0 radical (unpaired) electrons. The van der Waals surface area contributed by atoms with Crippen LogP contribution in [0.2, 0.25) is 0 Å². The molecule has 1 N–H and O–H groups in total. The van der Waals surface area contributed by atoms with Crippen molar-refractivity contribution in [1.82, 2.24) is 5.32 Å². The van der Waals surface area contributed by atoms with E-state index in [-0.39, 0.29) is 0 Å². The molecule has 100 valence electrons. The zero-order valence-corrected chi connectivity index (χ0v) is 11.3. The highest BCUT2D eigenvalue weighted by atomic mass is 16.5. The highest BCUT2D eigenvalue weighted by molar-refractivity contribution is 4.95. The summed E-state index contributed by atoms with van der Waals surface area (Å²) in [5, 5.41) is 3.76. The molecule has 2 aliphatic rings. The molecule has 2 atom stereocenters. The van der Waals surface area contributed by atoms with Crippen molar-refractivity contribution < 1.29 is 9.47 Å². The van der Waals surface area contributed by atoms with Crippen molar-refractivity contribution in [2.24, 2.45) is 5.41 Å². The lowest BCUT2D eigenvalue weighted by Crippen LogP contribution is -2.41. The van der Waals surface area contributed by atoms with E-state index < -0.39 is 0 Å². The summed E-state index contributed by atoms with van der Waals surface area (Å²) in [4.78, 5) is 0. The molecule has 2 fully saturated rings. The maximum Gasteiger partial charge on any atom is 0.0587 e. The van der Waals surface area contributed by atoms with Crippen LogP contribution in [-0.2, 0) is 9.47 Å². The fourth-order valence-electron chi connectivity index (χ4n) is 2.72. The Morgan fingerprint density at radius 3 is 2.88 bits per heavy atom. The second-order valence-corrected chi connectivity index (χ2v) is 5.75. The first-order valence-electron chi connectivity index (χ1n) is 7.12. The molecule has 1 aliphatic carbocycles. The fourth-order valence-corrected chi connectivity index (χ4v) is 2.72. The minimum Gasteiger partial charge on any atom is -0.385 e. The maximum atomic E-state index is 5.71. The summed E-state index contributed by atoms with van der Waals surface area (Å²) in [5.41, 5.74) is 0.566. The molecule has 1 aliphatic heterocycles. The van der Waals surface area contributed by atoms with Gasteiger partial charge in [0.1, 0.15) is 0 Å². The molecule has 2 rings (SSSR count). The van der Waals surface area contributed by atoms with Gasteiger partial charge in [-0.05, 0) is 43.9 Å². The SMILES string of the molecule is CCC1CC(NCC2(CCOC)CC2)CCO1. The van der Waals surface area contributed by atoms with E-state index in [1.165, 1.54) is 38.6 Å². The summed E-state index contributed by atoms with van der Waals surface area (Å²) in [6.45, 7) is 5.24. The minimum atomic E-state index is 0.482. The maximum absolute atomic E-state index is 5.71. The second-order valence-electron chi connectivity index (χ2n) is 5.75. The summed E-state index contributed by atoms with van der Waals surface area (Å²) >= 11 is 0. The van der Waals surface area contributed by atoms with Gasteiger partial charge < -0.3 is 14.8 Å². The van der Waals surface area contributed by atoms with Crippen LogP contribution in [0.4, 0.5) is 0 Å². The van der Waals surface area contributed by atoms with Gasteiger partial charge in [0.2, 0.25) is 0 Å². The Kier molecular flexibility index (Phi) is 4.83. The van der Waals surface area contributed by atoms with Crippen molar-refractivity contribution >= 4 is 0 Å². The molecule has 1 saturated heterocycles. The average Bonchev–Trinajstić information content (AvgIpc) is 3.15. The van der Waals surface area contributed by atoms with Gasteiger partial charge in [-0.2, -0.15) is 0 Å². The van der Waals surface area contributed by atoms with Crippen molar-refractivity contribution in [2.45, 2.75) is 57.6 Å². The van der Waals surface area contributed by atoms with E-state index in [4.69, 9.17) is 9.47 Å². The number of methoxy groups -OCH3 is 1. The van der Waals surface area contributed by atoms with Gasteiger partial charge in [0.15, 0.2) is 0 Å². The average molecular weight is 241 g/mol. The van der Waals surface area contributed by atoms with Crippen LogP contribution in [0.25, 0.3) is 0 Å². The summed E-state index contributed by atoms with van der Waals surface area (Å²) in [6, 6.07) is 0.675. The summed E-state index contributed by atoms with van der Waals surface area (Å²) < 4.78 is 10.9. The number of ether oxygens (including phenoxy) is 2. The van der Waals surface area contributed by atoms with Crippen molar-refractivity contribution in [1.29, 1.82) is 0 Å². The molecule has 17 heavy (non-hydrogen) atoms. The Morgan fingerprint density at radius 2 is 2.24 bits per heavy atom. The van der Waals surface area contributed by atoms with Crippen LogP contribution in [0.15, 0.2) is 0 Å². The van der Waals surface area contributed by atoms with Gasteiger partial charge >= 0.3 is 0 Å². The van der Waals surface area contributed by atoms with Gasteiger partial charge in [-0.3, -0.25) is 0 Å². The van der Waals surface area contributed by atoms with Crippen molar-refractivity contribution in [2.75, 3.05) is 26.9 Å². The lowest BCUT2D eigenvalue weighted by atomic mass is 9.98. The van der Waals surface area contributed by atoms with Gasteiger partial charge in [-0.1, -0.05) is 6.92 Å². The van der Waals surface area contributed by atoms with Gasteiger partial charge in [0.25, 0.3) is 0 Å². The predicted molar refractivity (Wildman–Crippen MR) is 69.2 cm³/mol. The van der Waals surface area contributed by atoms with Gasteiger partial charge in [0.05, 0.1) is 6.10 Å². The molecule has 0 aromatic rings. The fraction of sp³-hybridized carbons (Fsp3) is 1.00. The Labute approximate surface area is 105 Å². The van der Waals surface area contributed by atoms with Gasteiger partial charge in [-0.15, -0.1) is 0 Å². The molecule has 0 amide bonds. The van der Waals surface area contributed by atoms with Crippen LogP contribution in [0, 0.1) is 5.41 Å². The molecule has 1 saturated carbocycles. The van der Waals surface area contributed by atoms with Gasteiger partial charge in [-0.25, -0.2) is 0 Å². The molecule has 3 heteroatoms. The van der Waals surface area contributed by atoms with E-state index in [0.717, 1.165) is 19.6 Å². The Balaban J connectivity index is 1.67. The van der Waals surface area contributed by atoms with Crippen molar-refractivity contribution in [3.8, 4) is 0 Å². The summed E-state index contributed by atoms with van der Waals surface area (Å²) in [6.07, 6.45) is 7.97. The Morgan fingerprint density at radius 1 is 1.41 bits per heavy atom. The van der Waals surface area contributed by atoms with Crippen LogP contribution >= 0.6 is 0 Å². The predicted octanol–water partition coefficient (Wildman–Crippen LogP) is 2.35. The van der Waals surface area contributed by atoms with E-state index in [0.29, 0.717) is 17.6 Å². The zero-order valence-electron chi connectivity index (χ0n) is 11.3. The molecule has 0 bridgehead atoms. The zero-order chi connectivity index (χ0) is 12.1. The first-order valence-corrected chi connectivity index (χ1v) is 7.12. The highest BCUT2D eigenvalue weighted by Crippen LogP contribution is 2.48. The molecule has 0 aromatic heterocycles. The molecule has 0 spiro atoms. The van der Waals surface area contributed by atoms with E-state index in [1.54, 1.807) is 7.11 Å². The van der Waals surface area contributed by atoms with Crippen molar-refractivity contribution in [3.63, 3.8) is 0 Å². The van der Waals surface area contributed by atoms with Crippen LogP contribution in [0.5, 0.6) is 0 Å². The van der Waals surface area contributed by atoms with Crippen LogP contribution in [-0.4, -0.2) is 39.0 Å². The molecule has 1 heterocycles. The number of hydrogen-bond donors (Lipinski definition) is 1. The number of hydrogen-bond acceptors (Lipinski definition) is 3. The summed E-state index contributed by atoms with van der Waals surface area (Å²) in [7, 11) is 1.80.